The van der Waals surface area contributed by atoms with E-state index in [1.807, 2.05) is 0 Å². The molecule has 0 saturated carbocycles. The summed E-state index contributed by atoms with van der Waals surface area (Å²) in [5.74, 6) is -4.65. The van der Waals surface area contributed by atoms with E-state index in [2.05, 4.69) is 10.3 Å². The quantitative estimate of drug-likeness (QED) is 0.875. The molecule has 1 aromatic heterocycles. The molecule has 0 spiro atoms. The molecule has 2 heterocycles. The van der Waals surface area contributed by atoms with E-state index < -0.39 is 35.1 Å². The lowest BCUT2D eigenvalue weighted by Gasteiger charge is -2.25. The van der Waals surface area contributed by atoms with E-state index in [1.165, 1.54) is 12.3 Å². The van der Waals surface area contributed by atoms with Gasteiger partial charge < -0.3 is 10.1 Å². The molecule has 1 aliphatic heterocycles. The number of nitrogens with zero attached hydrogens (tertiary/aromatic N) is 1. The lowest BCUT2D eigenvalue weighted by molar-refractivity contribution is 0.130. The van der Waals surface area contributed by atoms with Gasteiger partial charge in [-0.25, -0.2) is 17.6 Å². The number of hydrogen-bond donors (Lipinski definition) is 1. The number of ether oxygens (including phenoxy) is 1. The third-order valence-electron chi connectivity index (χ3n) is 3.79. The van der Waals surface area contributed by atoms with Crippen LogP contribution in [0.5, 0.6) is 5.75 Å². The van der Waals surface area contributed by atoms with Gasteiger partial charge in [-0.05, 0) is 19.0 Å². The molecule has 3 rings (SSSR count). The molecule has 1 unspecified atom stereocenters. The summed E-state index contributed by atoms with van der Waals surface area (Å²) in [7, 11) is 0. The molecular weight excluding hydrogens is 312 g/mol. The molecule has 7 heteroatoms. The molecule has 23 heavy (non-hydrogen) atoms. The van der Waals surface area contributed by atoms with Crippen LogP contribution in [-0.2, 0) is 0 Å². The van der Waals surface area contributed by atoms with Gasteiger partial charge in [-0.1, -0.05) is 0 Å². The number of aromatic nitrogens is 1. The summed E-state index contributed by atoms with van der Waals surface area (Å²) in [5, 5.41) is 3.12. The molecule has 2 atom stereocenters. The fraction of sp³-hybridized carbons (Fsp3) is 0.312. The Labute approximate surface area is 130 Å². The maximum Gasteiger partial charge on any atom is 0.191 e. The van der Waals surface area contributed by atoms with Crippen molar-refractivity contribution < 1.29 is 22.3 Å². The average molecular weight is 326 g/mol. The smallest absolute Gasteiger partial charge is 0.191 e. The lowest BCUT2D eigenvalue weighted by Crippen LogP contribution is -2.22. The minimum Gasteiger partial charge on any atom is -0.479 e. The third kappa shape index (κ3) is 3.44. The highest BCUT2D eigenvalue weighted by Crippen LogP contribution is 2.34. The first-order chi connectivity index (χ1) is 11.0. The number of benzene rings is 1. The molecule has 0 aliphatic carbocycles. The SMILES string of the molecule is Fc1cncc(C(Oc2c(F)cc(F)cc2F)[C@@H]2CCNC2)c1. The normalized spacial score (nSPS) is 18.9. The van der Waals surface area contributed by atoms with Crippen molar-refractivity contribution in [2.75, 3.05) is 13.1 Å². The molecule has 1 fully saturated rings. The molecule has 0 amide bonds. The summed E-state index contributed by atoms with van der Waals surface area (Å²) in [6, 6.07) is 2.31. The Kier molecular flexibility index (Phi) is 4.47. The Morgan fingerprint density at radius 2 is 1.78 bits per heavy atom. The maximum atomic E-state index is 13.8. The van der Waals surface area contributed by atoms with Crippen LogP contribution in [0.15, 0.2) is 30.6 Å². The zero-order valence-corrected chi connectivity index (χ0v) is 12.0. The highest BCUT2D eigenvalue weighted by atomic mass is 19.1. The summed E-state index contributed by atoms with van der Waals surface area (Å²) >= 11 is 0. The lowest BCUT2D eigenvalue weighted by atomic mass is 9.95. The molecule has 122 valence electrons. The number of halogens is 4. The zero-order chi connectivity index (χ0) is 16.4. The van der Waals surface area contributed by atoms with Crippen molar-refractivity contribution in [3.63, 3.8) is 0 Å². The van der Waals surface area contributed by atoms with E-state index in [0.29, 0.717) is 30.7 Å². The van der Waals surface area contributed by atoms with Gasteiger partial charge in [0.2, 0.25) is 0 Å². The van der Waals surface area contributed by atoms with Crippen LogP contribution in [-0.4, -0.2) is 18.1 Å². The van der Waals surface area contributed by atoms with E-state index in [-0.39, 0.29) is 5.92 Å². The van der Waals surface area contributed by atoms with Crippen molar-refractivity contribution in [3.05, 3.63) is 59.4 Å². The third-order valence-corrected chi connectivity index (χ3v) is 3.79. The molecular formula is C16H14F4N2O. The predicted octanol–water partition coefficient (Wildman–Crippen LogP) is 3.37. The van der Waals surface area contributed by atoms with Gasteiger partial charge in [0.05, 0.1) is 6.20 Å². The molecule has 2 aromatic rings. The average Bonchev–Trinajstić information content (AvgIpc) is 3.00. The van der Waals surface area contributed by atoms with E-state index in [1.54, 1.807) is 0 Å². The predicted molar refractivity (Wildman–Crippen MR) is 74.9 cm³/mol. The van der Waals surface area contributed by atoms with Gasteiger partial charge in [0, 0.05) is 36.4 Å². The zero-order valence-electron chi connectivity index (χ0n) is 12.0. The minimum atomic E-state index is -1.14. The van der Waals surface area contributed by atoms with Crippen LogP contribution in [0.2, 0.25) is 0 Å². The Morgan fingerprint density at radius 1 is 1.04 bits per heavy atom. The van der Waals surface area contributed by atoms with Crippen molar-refractivity contribution in [3.8, 4) is 5.75 Å². The van der Waals surface area contributed by atoms with Crippen LogP contribution in [0, 0.1) is 29.2 Å². The molecule has 1 saturated heterocycles. The number of nitrogens with one attached hydrogen (secondary N) is 1. The minimum absolute atomic E-state index is 0.109. The van der Waals surface area contributed by atoms with Crippen molar-refractivity contribution in [2.45, 2.75) is 12.5 Å². The van der Waals surface area contributed by atoms with Gasteiger partial charge in [0.1, 0.15) is 17.7 Å². The van der Waals surface area contributed by atoms with Crippen LogP contribution < -0.4 is 10.1 Å². The van der Waals surface area contributed by atoms with Gasteiger partial charge in [0.25, 0.3) is 0 Å². The Hall–Kier alpha value is -2.15. The van der Waals surface area contributed by atoms with Crippen molar-refractivity contribution >= 4 is 0 Å². The first kappa shape index (κ1) is 15.7. The van der Waals surface area contributed by atoms with Crippen LogP contribution in [0.4, 0.5) is 17.6 Å². The molecule has 0 bridgehead atoms. The second-order valence-corrected chi connectivity index (χ2v) is 5.43. The van der Waals surface area contributed by atoms with E-state index in [9.17, 15) is 17.6 Å². The summed E-state index contributed by atoms with van der Waals surface area (Å²) in [6.45, 7) is 1.28. The van der Waals surface area contributed by atoms with Crippen molar-refractivity contribution in [2.24, 2.45) is 5.92 Å². The van der Waals surface area contributed by atoms with Crippen LogP contribution in [0.3, 0.4) is 0 Å². The monoisotopic (exact) mass is 326 g/mol. The van der Waals surface area contributed by atoms with Gasteiger partial charge >= 0.3 is 0 Å². The molecule has 1 aromatic carbocycles. The summed E-state index contributed by atoms with van der Waals surface area (Å²) in [6.07, 6.45) is 2.34. The van der Waals surface area contributed by atoms with Gasteiger partial charge in [-0.3, -0.25) is 4.98 Å². The van der Waals surface area contributed by atoms with E-state index in [4.69, 9.17) is 4.74 Å². The van der Waals surface area contributed by atoms with Gasteiger partial charge in [0.15, 0.2) is 17.4 Å². The molecule has 1 N–H and O–H groups in total. The Morgan fingerprint density at radius 3 is 2.39 bits per heavy atom. The van der Waals surface area contributed by atoms with Crippen LogP contribution in [0.25, 0.3) is 0 Å². The number of pyridine rings is 1. The van der Waals surface area contributed by atoms with Gasteiger partial charge in [-0.2, -0.15) is 0 Å². The first-order valence-electron chi connectivity index (χ1n) is 7.17. The van der Waals surface area contributed by atoms with E-state index >= 15 is 0 Å². The maximum absolute atomic E-state index is 13.8. The largest absolute Gasteiger partial charge is 0.479 e. The second-order valence-electron chi connectivity index (χ2n) is 5.43. The summed E-state index contributed by atoms with van der Waals surface area (Å²) in [4.78, 5) is 3.75. The molecule has 3 nitrogen and oxygen atoms in total. The standard InChI is InChI=1S/C16H14F4N2O/c17-11-4-13(19)16(14(20)5-11)23-15(9-1-2-21-6-9)10-3-12(18)8-22-7-10/h3-5,7-9,15,21H,1-2,6H2/t9-,15?/m1/s1. The Balaban J connectivity index is 1.96. The fourth-order valence-electron chi connectivity index (χ4n) is 2.72. The molecule has 1 aliphatic rings. The highest BCUT2D eigenvalue weighted by Gasteiger charge is 2.30. The Bertz CT molecular complexity index is 681. The fourth-order valence-corrected chi connectivity index (χ4v) is 2.72. The van der Waals surface area contributed by atoms with Crippen LogP contribution in [0.1, 0.15) is 18.1 Å². The summed E-state index contributed by atoms with van der Waals surface area (Å²) < 4.78 is 59.6. The summed E-state index contributed by atoms with van der Waals surface area (Å²) in [5.41, 5.74) is 0.377. The number of hydrogen-bond acceptors (Lipinski definition) is 3. The molecule has 0 radical (unpaired) electrons. The van der Waals surface area contributed by atoms with Gasteiger partial charge in [-0.15, -0.1) is 0 Å². The second kappa shape index (κ2) is 6.54. The van der Waals surface area contributed by atoms with Crippen LogP contribution >= 0.6 is 0 Å². The van der Waals surface area contributed by atoms with E-state index in [0.717, 1.165) is 12.7 Å². The van der Waals surface area contributed by atoms with Crippen molar-refractivity contribution in [1.82, 2.24) is 10.3 Å². The highest BCUT2D eigenvalue weighted by molar-refractivity contribution is 5.29. The topological polar surface area (TPSA) is 34.1 Å². The van der Waals surface area contributed by atoms with Crippen molar-refractivity contribution in [1.29, 1.82) is 0 Å². The number of rotatable bonds is 4. The first-order valence-corrected chi connectivity index (χ1v) is 7.17.